The van der Waals surface area contributed by atoms with Crippen LogP contribution in [0.3, 0.4) is 0 Å². The Morgan fingerprint density at radius 2 is 1.89 bits per heavy atom. The summed E-state index contributed by atoms with van der Waals surface area (Å²) < 4.78 is 23.9. The normalized spacial score (nSPS) is 11.4. The highest BCUT2D eigenvalue weighted by Crippen LogP contribution is 2.30. The van der Waals surface area contributed by atoms with E-state index in [-0.39, 0.29) is 5.82 Å². The number of halogens is 1. The molecular formula is C21H29FN4O2. The number of nitrogens with zero attached hydrogens (tertiary/aromatic N) is 2. The molecule has 0 unspecified atom stereocenters. The van der Waals surface area contributed by atoms with Crippen molar-refractivity contribution in [3.8, 4) is 11.5 Å². The molecule has 0 bridgehead atoms. The second-order valence-electron chi connectivity index (χ2n) is 6.29. The fourth-order valence-corrected chi connectivity index (χ4v) is 2.68. The molecule has 152 valence electrons. The average Bonchev–Trinajstić information content (AvgIpc) is 2.69. The largest absolute Gasteiger partial charge is 0.493 e. The standard InChI is InChI=1S/C21H29FN4O2/c1-5-28-20-14-18(10-11-19(20)27-4)25-21(23-2)24-12-13-26(3)15-16-6-8-17(22)9-7-16/h6-11,14H,5,12-13,15H2,1-4H3,(H2,23,24,25). The topological polar surface area (TPSA) is 58.1 Å². The number of ether oxygens (including phenoxy) is 2. The van der Waals surface area contributed by atoms with Crippen LogP contribution < -0.4 is 20.1 Å². The zero-order valence-electron chi connectivity index (χ0n) is 17.0. The molecule has 0 atom stereocenters. The number of nitrogens with one attached hydrogen (secondary N) is 2. The second kappa shape index (κ2) is 11.1. The first-order chi connectivity index (χ1) is 13.5. The second-order valence-corrected chi connectivity index (χ2v) is 6.29. The summed E-state index contributed by atoms with van der Waals surface area (Å²) >= 11 is 0. The first-order valence-corrected chi connectivity index (χ1v) is 9.27. The molecule has 0 aliphatic carbocycles. The summed E-state index contributed by atoms with van der Waals surface area (Å²) in [5.74, 6) is 1.83. The summed E-state index contributed by atoms with van der Waals surface area (Å²) in [4.78, 5) is 6.42. The van der Waals surface area contributed by atoms with Crippen LogP contribution in [0.4, 0.5) is 10.1 Å². The van der Waals surface area contributed by atoms with Gasteiger partial charge in [-0.25, -0.2) is 4.39 Å². The van der Waals surface area contributed by atoms with E-state index in [9.17, 15) is 4.39 Å². The lowest BCUT2D eigenvalue weighted by molar-refractivity contribution is 0.311. The third kappa shape index (κ3) is 6.74. The molecule has 0 heterocycles. The lowest BCUT2D eigenvalue weighted by atomic mass is 10.2. The van der Waals surface area contributed by atoms with Gasteiger partial charge in [-0.1, -0.05) is 12.1 Å². The fourth-order valence-electron chi connectivity index (χ4n) is 2.68. The molecule has 2 N–H and O–H groups in total. The van der Waals surface area contributed by atoms with Gasteiger partial charge in [0.05, 0.1) is 13.7 Å². The fraction of sp³-hybridized carbons (Fsp3) is 0.381. The molecule has 0 fully saturated rings. The zero-order chi connectivity index (χ0) is 20.4. The first-order valence-electron chi connectivity index (χ1n) is 9.27. The van der Waals surface area contributed by atoms with E-state index in [1.165, 1.54) is 12.1 Å². The van der Waals surface area contributed by atoms with Gasteiger partial charge in [-0.3, -0.25) is 4.99 Å². The van der Waals surface area contributed by atoms with Crippen molar-refractivity contribution in [2.45, 2.75) is 13.5 Å². The van der Waals surface area contributed by atoms with Crippen LogP contribution >= 0.6 is 0 Å². The van der Waals surface area contributed by atoms with Crippen LogP contribution in [0.15, 0.2) is 47.5 Å². The van der Waals surface area contributed by atoms with Crippen LogP contribution in [0.2, 0.25) is 0 Å². The van der Waals surface area contributed by atoms with Crippen LogP contribution in [0, 0.1) is 5.82 Å². The molecule has 2 aromatic rings. The zero-order valence-corrected chi connectivity index (χ0v) is 17.0. The highest BCUT2D eigenvalue weighted by atomic mass is 19.1. The minimum absolute atomic E-state index is 0.214. The van der Waals surface area contributed by atoms with Gasteiger partial charge in [0.2, 0.25) is 0 Å². The number of hydrogen-bond donors (Lipinski definition) is 2. The number of aliphatic imine (C=N–C) groups is 1. The van der Waals surface area contributed by atoms with E-state index < -0.39 is 0 Å². The van der Waals surface area contributed by atoms with E-state index in [1.54, 1.807) is 26.3 Å². The molecule has 7 heteroatoms. The van der Waals surface area contributed by atoms with Crippen molar-refractivity contribution < 1.29 is 13.9 Å². The van der Waals surface area contributed by atoms with Gasteiger partial charge < -0.3 is 25.0 Å². The van der Waals surface area contributed by atoms with E-state index in [0.29, 0.717) is 30.6 Å². The van der Waals surface area contributed by atoms with Gasteiger partial charge in [0.25, 0.3) is 0 Å². The summed E-state index contributed by atoms with van der Waals surface area (Å²) in [6, 6.07) is 12.2. The van der Waals surface area contributed by atoms with E-state index in [0.717, 1.165) is 24.3 Å². The number of methoxy groups -OCH3 is 1. The molecule has 28 heavy (non-hydrogen) atoms. The van der Waals surface area contributed by atoms with Gasteiger partial charge in [-0.05, 0) is 43.8 Å². The van der Waals surface area contributed by atoms with Crippen molar-refractivity contribution in [1.29, 1.82) is 0 Å². The van der Waals surface area contributed by atoms with Crippen LogP contribution in [-0.4, -0.2) is 51.8 Å². The Morgan fingerprint density at radius 3 is 2.54 bits per heavy atom. The Morgan fingerprint density at radius 1 is 1.14 bits per heavy atom. The quantitative estimate of drug-likeness (QED) is 0.510. The third-order valence-corrected chi connectivity index (χ3v) is 4.10. The predicted molar refractivity (Wildman–Crippen MR) is 112 cm³/mol. The third-order valence-electron chi connectivity index (χ3n) is 4.10. The highest BCUT2D eigenvalue weighted by Gasteiger charge is 2.07. The summed E-state index contributed by atoms with van der Waals surface area (Å²) in [6.45, 7) is 4.77. The predicted octanol–water partition coefficient (Wildman–Crippen LogP) is 3.35. The molecule has 0 aliphatic rings. The first kappa shape index (κ1) is 21.5. The maximum atomic E-state index is 13.0. The van der Waals surface area contributed by atoms with Crippen LogP contribution in [-0.2, 0) is 6.54 Å². The van der Waals surface area contributed by atoms with Crippen molar-refractivity contribution in [2.24, 2.45) is 4.99 Å². The summed E-state index contributed by atoms with van der Waals surface area (Å²) in [5, 5.41) is 6.54. The van der Waals surface area contributed by atoms with Crippen LogP contribution in [0.25, 0.3) is 0 Å². The molecule has 0 spiro atoms. The van der Waals surface area contributed by atoms with Gasteiger partial charge >= 0.3 is 0 Å². The van der Waals surface area contributed by atoms with E-state index in [1.807, 2.05) is 32.2 Å². The van der Waals surface area contributed by atoms with E-state index in [2.05, 4.69) is 20.5 Å². The number of benzene rings is 2. The molecular weight excluding hydrogens is 359 g/mol. The summed E-state index contributed by atoms with van der Waals surface area (Å²) in [6.07, 6.45) is 0. The molecule has 0 saturated carbocycles. The number of hydrogen-bond acceptors (Lipinski definition) is 4. The highest BCUT2D eigenvalue weighted by molar-refractivity contribution is 5.93. The van der Waals surface area contributed by atoms with Crippen molar-refractivity contribution in [2.75, 3.05) is 46.2 Å². The van der Waals surface area contributed by atoms with Crippen molar-refractivity contribution in [3.05, 3.63) is 53.8 Å². The maximum Gasteiger partial charge on any atom is 0.195 e. The van der Waals surface area contributed by atoms with Gasteiger partial charge in [-0.15, -0.1) is 0 Å². The Hall–Kier alpha value is -2.80. The summed E-state index contributed by atoms with van der Waals surface area (Å²) in [5.41, 5.74) is 1.94. The molecule has 2 aromatic carbocycles. The molecule has 0 radical (unpaired) electrons. The van der Waals surface area contributed by atoms with Crippen LogP contribution in [0.5, 0.6) is 11.5 Å². The minimum Gasteiger partial charge on any atom is -0.493 e. The lowest BCUT2D eigenvalue weighted by Crippen LogP contribution is -2.36. The molecule has 0 saturated heterocycles. The molecule has 2 rings (SSSR count). The van der Waals surface area contributed by atoms with Gasteiger partial charge in [0, 0.05) is 38.4 Å². The number of likely N-dealkylation sites (N-methyl/N-ethyl adjacent to an activating group) is 1. The number of rotatable bonds is 9. The van der Waals surface area contributed by atoms with E-state index in [4.69, 9.17) is 9.47 Å². The molecule has 6 nitrogen and oxygen atoms in total. The Kier molecular flexibility index (Phi) is 8.55. The van der Waals surface area contributed by atoms with E-state index >= 15 is 0 Å². The van der Waals surface area contributed by atoms with Gasteiger partial charge in [0.15, 0.2) is 17.5 Å². The van der Waals surface area contributed by atoms with Crippen molar-refractivity contribution in [1.82, 2.24) is 10.2 Å². The average molecular weight is 388 g/mol. The van der Waals surface area contributed by atoms with Crippen molar-refractivity contribution >= 4 is 11.6 Å². The van der Waals surface area contributed by atoms with Crippen molar-refractivity contribution in [3.63, 3.8) is 0 Å². The van der Waals surface area contributed by atoms with Gasteiger partial charge in [0.1, 0.15) is 5.82 Å². The monoisotopic (exact) mass is 388 g/mol. The van der Waals surface area contributed by atoms with Crippen LogP contribution in [0.1, 0.15) is 12.5 Å². The number of guanidine groups is 1. The molecule has 0 aromatic heterocycles. The lowest BCUT2D eigenvalue weighted by Gasteiger charge is -2.19. The van der Waals surface area contributed by atoms with Gasteiger partial charge in [-0.2, -0.15) is 0 Å². The SMILES string of the molecule is CCOc1cc(NC(=NC)NCCN(C)Cc2ccc(F)cc2)ccc1OC. The Labute approximate surface area is 166 Å². The smallest absolute Gasteiger partial charge is 0.195 e. The Balaban J connectivity index is 1.84. The summed E-state index contributed by atoms with van der Waals surface area (Å²) in [7, 11) is 5.37. The molecule has 0 amide bonds. The minimum atomic E-state index is -0.214. The molecule has 0 aliphatic heterocycles. The Bertz CT molecular complexity index is 766. The number of anilines is 1. The maximum absolute atomic E-state index is 13.0.